The van der Waals surface area contributed by atoms with Gasteiger partial charge in [-0.2, -0.15) is 4.31 Å². The zero-order valence-electron chi connectivity index (χ0n) is 14.8. The zero-order chi connectivity index (χ0) is 19.6. The zero-order valence-corrected chi connectivity index (χ0v) is 15.6. The van der Waals surface area contributed by atoms with E-state index >= 15 is 0 Å². The summed E-state index contributed by atoms with van der Waals surface area (Å²) in [6, 6.07) is 8.16. The minimum atomic E-state index is -3.74. The third-order valence-corrected chi connectivity index (χ3v) is 6.63. The molecule has 1 saturated heterocycles. The van der Waals surface area contributed by atoms with Crippen molar-refractivity contribution in [1.82, 2.24) is 4.31 Å². The van der Waals surface area contributed by atoms with Crippen molar-refractivity contribution >= 4 is 21.6 Å². The van der Waals surface area contributed by atoms with Gasteiger partial charge in [-0.05, 0) is 50.1 Å². The van der Waals surface area contributed by atoms with Crippen LogP contribution >= 0.6 is 0 Å². The molecule has 0 aliphatic carbocycles. The highest BCUT2D eigenvalue weighted by Crippen LogP contribution is 2.26. The molecule has 27 heavy (non-hydrogen) atoms. The molecule has 1 aliphatic rings. The smallest absolute Gasteiger partial charge is 0.255 e. The Balaban J connectivity index is 1.86. The summed E-state index contributed by atoms with van der Waals surface area (Å²) >= 11 is 0. The maximum Gasteiger partial charge on any atom is 0.255 e. The number of rotatable bonds is 4. The van der Waals surface area contributed by atoms with Crippen molar-refractivity contribution in [3.05, 3.63) is 59.7 Å². The fourth-order valence-electron chi connectivity index (χ4n) is 3.15. The Bertz CT molecular complexity index is 963. The molecule has 0 bridgehead atoms. The van der Waals surface area contributed by atoms with Crippen LogP contribution in [0.1, 0.15) is 36.5 Å². The van der Waals surface area contributed by atoms with Gasteiger partial charge in [0, 0.05) is 24.2 Å². The van der Waals surface area contributed by atoms with Crippen molar-refractivity contribution in [2.75, 3.05) is 11.9 Å². The van der Waals surface area contributed by atoms with E-state index in [0.29, 0.717) is 6.54 Å². The number of hydrogen-bond acceptors (Lipinski definition) is 3. The van der Waals surface area contributed by atoms with Crippen LogP contribution in [-0.4, -0.2) is 31.2 Å². The number of nitrogens with one attached hydrogen (secondary N) is 1. The molecular weight excluding hydrogens is 374 g/mol. The van der Waals surface area contributed by atoms with Gasteiger partial charge in [-0.25, -0.2) is 17.2 Å². The number of hydrogen-bond donors (Lipinski definition) is 1. The minimum Gasteiger partial charge on any atom is -0.319 e. The molecule has 0 aromatic heterocycles. The Labute approximate surface area is 157 Å². The van der Waals surface area contributed by atoms with E-state index in [0.717, 1.165) is 37.5 Å². The number of nitrogens with zero attached hydrogens (tertiary/aromatic N) is 1. The van der Waals surface area contributed by atoms with Gasteiger partial charge in [-0.1, -0.05) is 12.5 Å². The number of sulfonamides is 1. The molecule has 1 amide bonds. The van der Waals surface area contributed by atoms with Crippen LogP contribution in [0.2, 0.25) is 0 Å². The number of piperidine rings is 1. The van der Waals surface area contributed by atoms with Gasteiger partial charge in [-0.3, -0.25) is 4.79 Å². The topological polar surface area (TPSA) is 66.5 Å². The van der Waals surface area contributed by atoms with Crippen LogP contribution in [0.3, 0.4) is 0 Å². The van der Waals surface area contributed by atoms with Crippen molar-refractivity contribution in [3.8, 4) is 0 Å². The van der Waals surface area contributed by atoms with Crippen molar-refractivity contribution < 1.29 is 22.0 Å². The maximum absolute atomic E-state index is 13.7. The van der Waals surface area contributed by atoms with Crippen LogP contribution in [0.4, 0.5) is 14.5 Å². The molecule has 1 atom stereocenters. The first-order chi connectivity index (χ1) is 12.8. The van der Waals surface area contributed by atoms with Crippen LogP contribution in [0, 0.1) is 11.6 Å². The summed E-state index contributed by atoms with van der Waals surface area (Å²) in [7, 11) is -3.74. The highest BCUT2D eigenvalue weighted by Gasteiger charge is 2.31. The van der Waals surface area contributed by atoms with Crippen LogP contribution < -0.4 is 5.32 Å². The number of carbonyl (C=O) groups is 1. The van der Waals surface area contributed by atoms with Gasteiger partial charge in [-0.15, -0.1) is 0 Å². The predicted octanol–water partition coefficient (Wildman–Crippen LogP) is 3.78. The van der Waals surface area contributed by atoms with Crippen LogP contribution in [0.15, 0.2) is 47.4 Å². The van der Waals surface area contributed by atoms with E-state index in [9.17, 15) is 22.0 Å². The quantitative estimate of drug-likeness (QED) is 0.858. The summed E-state index contributed by atoms with van der Waals surface area (Å²) in [4.78, 5) is 12.4. The lowest BCUT2D eigenvalue weighted by Gasteiger charge is -2.32. The monoisotopic (exact) mass is 394 g/mol. The molecule has 0 spiro atoms. The Morgan fingerprint density at radius 2 is 1.93 bits per heavy atom. The Morgan fingerprint density at radius 3 is 2.67 bits per heavy atom. The lowest BCUT2D eigenvalue weighted by atomic mass is 10.1. The van der Waals surface area contributed by atoms with E-state index in [2.05, 4.69) is 5.32 Å². The minimum absolute atomic E-state index is 0.00335. The first-order valence-electron chi connectivity index (χ1n) is 8.67. The first kappa shape index (κ1) is 19.4. The van der Waals surface area contributed by atoms with Gasteiger partial charge in [0.15, 0.2) is 0 Å². The van der Waals surface area contributed by atoms with E-state index in [1.165, 1.54) is 28.6 Å². The second-order valence-electron chi connectivity index (χ2n) is 6.57. The van der Waals surface area contributed by atoms with Gasteiger partial charge < -0.3 is 5.32 Å². The summed E-state index contributed by atoms with van der Waals surface area (Å²) < 4.78 is 54.2. The summed E-state index contributed by atoms with van der Waals surface area (Å²) in [5, 5.41) is 2.27. The number of carbonyl (C=O) groups excluding carboxylic acids is 1. The number of halogens is 2. The molecule has 1 heterocycles. The summed E-state index contributed by atoms with van der Waals surface area (Å²) in [5.74, 6) is -2.19. The standard InChI is InChI=1S/C19H20F2N2O3S/c1-13-5-2-3-10-23(13)27(25,26)16-7-4-6-14(11-16)19(24)22-18-12-15(20)8-9-17(18)21/h4,6-9,11-13H,2-3,5,10H2,1H3,(H,22,24). The van der Waals surface area contributed by atoms with E-state index in [1.54, 1.807) is 0 Å². The van der Waals surface area contributed by atoms with Crippen LogP contribution in [0.25, 0.3) is 0 Å². The molecule has 1 N–H and O–H groups in total. The molecule has 5 nitrogen and oxygen atoms in total. The van der Waals surface area contributed by atoms with E-state index in [-0.39, 0.29) is 22.2 Å². The lowest BCUT2D eigenvalue weighted by Crippen LogP contribution is -2.41. The molecule has 0 saturated carbocycles. The average Bonchev–Trinajstić information content (AvgIpc) is 2.65. The van der Waals surface area contributed by atoms with Gasteiger partial charge >= 0.3 is 0 Å². The van der Waals surface area contributed by atoms with Crippen LogP contribution in [-0.2, 0) is 10.0 Å². The van der Waals surface area contributed by atoms with Gasteiger partial charge in [0.25, 0.3) is 5.91 Å². The van der Waals surface area contributed by atoms with Crippen LogP contribution in [0.5, 0.6) is 0 Å². The average molecular weight is 394 g/mol. The Hall–Kier alpha value is -2.32. The van der Waals surface area contributed by atoms with Crippen molar-refractivity contribution in [2.45, 2.75) is 37.1 Å². The third-order valence-electron chi connectivity index (χ3n) is 4.62. The molecule has 0 radical (unpaired) electrons. The molecule has 144 valence electrons. The third kappa shape index (κ3) is 4.17. The highest BCUT2D eigenvalue weighted by atomic mass is 32.2. The normalized spacial score (nSPS) is 18.3. The molecule has 1 fully saturated rings. The fourth-order valence-corrected chi connectivity index (χ4v) is 4.90. The molecule has 2 aromatic rings. The fraction of sp³-hybridized carbons (Fsp3) is 0.316. The number of amides is 1. The van der Waals surface area contributed by atoms with Crippen molar-refractivity contribution in [3.63, 3.8) is 0 Å². The number of benzene rings is 2. The molecule has 1 unspecified atom stereocenters. The molecule has 1 aliphatic heterocycles. The second-order valence-corrected chi connectivity index (χ2v) is 8.46. The Kier molecular flexibility index (Phi) is 5.57. The summed E-state index contributed by atoms with van der Waals surface area (Å²) in [6.45, 7) is 2.30. The Morgan fingerprint density at radius 1 is 1.15 bits per heavy atom. The highest BCUT2D eigenvalue weighted by molar-refractivity contribution is 7.89. The predicted molar refractivity (Wildman–Crippen MR) is 98.0 cm³/mol. The van der Waals surface area contributed by atoms with Gasteiger partial charge in [0.2, 0.25) is 10.0 Å². The SMILES string of the molecule is CC1CCCCN1S(=O)(=O)c1cccc(C(=O)Nc2cc(F)ccc2F)c1. The maximum atomic E-state index is 13.7. The second kappa shape index (κ2) is 7.74. The number of anilines is 1. The van der Waals surface area contributed by atoms with Crippen molar-refractivity contribution in [1.29, 1.82) is 0 Å². The van der Waals surface area contributed by atoms with E-state index in [4.69, 9.17) is 0 Å². The lowest BCUT2D eigenvalue weighted by molar-refractivity contribution is 0.102. The summed E-state index contributed by atoms with van der Waals surface area (Å²) in [6.07, 6.45) is 2.57. The molecule has 2 aromatic carbocycles. The van der Waals surface area contributed by atoms with E-state index < -0.39 is 27.6 Å². The summed E-state index contributed by atoms with van der Waals surface area (Å²) in [5.41, 5.74) is -0.262. The molecule has 8 heteroatoms. The van der Waals surface area contributed by atoms with Gasteiger partial charge in [0.1, 0.15) is 11.6 Å². The molecular formula is C19H20F2N2O3S. The molecule has 3 rings (SSSR count). The largest absolute Gasteiger partial charge is 0.319 e. The van der Waals surface area contributed by atoms with Crippen molar-refractivity contribution in [2.24, 2.45) is 0 Å². The van der Waals surface area contributed by atoms with E-state index in [1.807, 2.05) is 6.92 Å². The first-order valence-corrected chi connectivity index (χ1v) is 10.1. The van der Waals surface area contributed by atoms with Gasteiger partial charge in [0.05, 0.1) is 10.6 Å².